The average molecular weight is 423 g/mol. The maximum atomic E-state index is 9.74. The van der Waals surface area contributed by atoms with Gasteiger partial charge in [0.1, 0.15) is 5.82 Å². The highest BCUT2D eigenvalue weighted by atomic mass is 35.5. The molecule has 7 nitrogen and oxygen atoms in total. The predicted octanol–water partition coefficient (Wildman–Crippen LogP) is 4.27. The van der Waals surface area contributed by atoms with Gasteiger partial charge in [-0.15, -0.1) is 10.2 Å². The summed E-state index contributed by atoms with van der Waals surface area (Å²) in [6.45, 7) is 2.66. The third-order valence-electron chi connectivity index (χ3n) is 5.12. The van der Waals surface area contributed by atoms with E-state index in [0.29, 0.717) is 23.2 Å². The summed E-state index contributed by atoms with van der Waals surface area (Å²) in [6, 6.07) is 16.4. The second kappa shape index (κ2) is 9.19. The molecule has 0 saturated carbocycles. The van der Waals surface area contributed by atoms with Gasteiger partial charge < -0.3 is 9.67 Å². The molecule has 2 aromatic carbocycles. The summed E-state index contributed by atoms with van der Waals surface area (Å²) in [5, 5.41) is 24.2. The zero-order chi connectivity index (χ0) is 20.9. The predicted molar refractivity (Wildman–Crippen MR) is 116 cm³/mol. The van der Waals surface area contributed by atoms with Gasteiger partial charge in [0.15, 0.2) is 5.15 Å². The van der Waals surface area contributed by atoms with Crippen LogP contribution in [0.1, 0.15) is 36.8 Å². The second-order valence-corrected chi connectivity index (χ2v) is 7.48. The minimum Gasteiger partial charge on any atom is -0.390 e. The van der Waals surface area contributed by atoms with Crippen LogP contribution in [0, 0.1) is 0 Å². The minimum atomic E-state index is -0.122. The van der Waals surface area contributed by atoms with Crippen molar-refractivity contribution >= 4 is 11.6 Å². The summed E-state index contributed by atoms with van der Waals surface area (Å²) in [4.78, 5) is 4.46. The summed E-state index contributed by atoms with van der Waals surface area (Å²) >= 11 is 6.24. The Bertz CT molecular complexity index is 1090. The van der Waals surface area contributed by atoms with Crippen LogP contribution in [0.2, 0.25) is 5.15 Å². The quantitative estimate of drug-likeness (QED) is 0.442. The highest BCUT2D eigenvalue weighted by Gasteiger charge is 2.15. The normalized spacial score (nSPS) is 11.2. The number of unbranched alkanes of at least 4 members (excludes halogenated alkanes) is 1. The van der Waals surface area contributed by atoms with Crippen LogP contribution in [-0.2, 0) is 19.6 Å². The molecule has 4 aromatic rings. The van der Waals surface area contributed by atoms with Crippen LogP contribution in [-0.4, -0.2) is 35.3 Å². The summed E-state index contributed by atoms with van der Waals surface area (Å²) in [5.74, 6) is 1.50. The molecule has 0 aliphatic carbocycles. The lowest BCUT2D eigenvalue weighted by molar-refractivity contribution is 0.271. The van der Waals surface area contributed by atoms with Gasteiger partial charge in [-0.2, -0.15) is 5.21 Å². The first-order chi connectivity index (χ1) is 14.7. The van der Waals surface area contributed by atoms with Crippen molar-refractivity contribution in [1.82, 2.24) is 30.2 Å². The number of imidazole rings is 1. The molecule has 154 valence electrons. The van der Waals surface area contributed by atoms with Crippen LogP contribution in [0.5, 0.6) is 0 Å². The van der Waals surface area contributed by atoms with Crippen LogP contribution in [0.3, 0.4) is 0 Å². The van der Waals surface area contributed by atoms with Gasteiger partial charge in [-0.25, -0.2) is 4.98 Å². The number of tetrazole rings is 1. The zero-order valence-electron chi connectivity index (χ0n) is 16.7. The maximum absolute atomic E-state index is 9.74. The van der Waals surface area contributed by atoms with E-state index < -0.39 is 0 Å². The van der Waals surface area contributed by atoms with E-state index in [-0.39, 0.29) is 6.61 Å². The second-order valence-electron chi connectivity index (χ2n) is 7.12. The third-order valence-corrected chi connectivity index (χ3v) is 5.43. The van der Waals surface area contributed by atoms with Crippen molar-refractivity contribution in [1.29, 1.82) is 0 Å². The van der Waals surface area contributed by atoms with E-state index in [0.717, 1.165) is 47.3 Å². The van der Waals surface area contributed by atoms with Gasteiger partial charge in [0, 0.05) is 18.5 Å². The van der Waals surface area contributed by atoms with Crippen LogP contribution in [0.25, 0.3) is 22.5 Å². The first-order valence-corrected chi connectivity index (χ1v) is 10.3. The van der Waals surface area contributed by atoms with Gasteiger partial charge in [-0.1, -0.05) is 73.5 Å². The SMILES string of the molecule is CCCCc1nc(Cl)c(CO)n1Cc1ccc(-c2ccc(-c3nn[nH]n3)cc2)cc1. The molecule has 0 unspecified atom stereocenters. The lowest BCUT2D eigenvalue weighted by atomic mass is 10.0. The number of H-pyrrole nitrogens is 1. The molecular formula is C22H23ClN6O. The standard InChI is InChI=1S/C22H23ClN6O/c1-2-3-4-20-24-21(23)19(14-30)29(20)13-15-5-7-16(8-6-15)17-9-11-18(12-10-17)22-25-27-28-26-22/h5-12,30H,2-4,13-14H2,1H3,(H,25,26,27,28). The number of aliphatic hydroxyl groups excluding tert-OH is 1. The molecular weight excluding hydrogens is 400 g/mol. The molecule has 0 spiro atoms. The van der Waals surface area contributed by atoms with Gasteiger partial charge in [0.25, 0.3) is 0 Å². The number of halogens is 1. The molecule has 0 saturated heterocycles. The highest BCUT2D eigenvalue weighted by Crippen LogP contribution is 2.25. The molecule has 0 fully saturated rings. The molecule has 0 amide bonds. The number of hydrogen-bond donors (Lipinski definition) is 2. The first kappa shape index (κ1) is 20.3. The molecule has 0 bridgehead atoms. The fraction of sp³-hybridized carbons (Fsp3) is 0.273. The lowest BCUT2D eigenvalue weighted by Crippen LogP contribution is -2.09. The Morgan fingerprint density at radius 1 is 1.00 bits per heavy atom. The molecule has 2 aromatic heterocycles. The molecule has 0 aliphatic heterocycles. The molecule has 0 radical (unpaired) electrons. The highest BCUT2D eigenvalue weighted by molar-refractivity contribution is 6.30. The van der Waals surface area contributed by atoms with Crippen LogP contribution >= 0.6 is 11.6 Å². The third kappa shape index (κ3) is 4.27. The minimum absolute atomic E-state index is 0.122. The molecule has 0 atom stereocenters. The number of aliphatic hydroxyl groups is 1. The van der Waals surface area contributed by atoms with Crippen molar-refractivity contribution < 1.29 is 5.11 Å². The maximum Gasteiger partial charge on any atom is 0.204 e. The van der Waals surface area contributed by atoms with E-state index in [1.165, 1.54) is 0 Å². The fourth-order valence-electron chi connectivity index (χ4n) is 3.45. The Balaban J connectivity index is 1.53. The largest absolute Gasteiger partial charge is 0.390 e. The first-order valence-electron chi connectivity index (χ1n) is 9.97. The van der Waals surface area contributed by atoms with Gasteiger partial charge in [-0.05, 0) is 28.3 Å². The number of nitrogens with one attached hydrogen (secondary N) is 1. The number of aromatic nitrogens is 6. The van der Waals surface area contributed by atoms with Crippen molar-refractivity contribution in [2.75, 3.05) is 0 Å². The Kier molecular flexibility index (Phi) is 6.21. The Morgan fingerprint density at radius 3 is 2.27 bits per heavy atom. The van der Waals surface area contributed by atoms with Crippen molar-refractivity contribution in [3.63, 3.8) is 0 Å². The summed E-state index contributed by atoms with van der Waals surface area (Å²) in [6.07, 6.45) is 2.97. The molecule has 8 heteroatoms. The van der Waals surface area contributed by atoms with Crippen LogP contribution in [0.15, 0.2) is 48.5 Å². The fourth-order valence-corrected chi connectivity index (χ4v) is 3.71. The summed E-state index contributed by atoms with van der Waals surface area (Å²) in [5.41, 5.74) is 4.94. The number of aromatic amines is 1. The molecule has 0 aliphatic rings. The smallest absolute Gasteiger partial charge is 0.204 e. The van der Waals surface area contributed by atoms with E-state index in [9.17, 15) is 5.11 Å². The summed E-state index contributed by atoms with van der Waals surface area (Å²) < 4.78 is 2.03. The monoisotopic (exact) mass is 422 g/mol. The molecule has 2 N–H and O–H groups in total. The van der Waals surface area contributed by atoms with Crippen molar-refractivity contribution in [2.45, 2.75) is 39.3 Å². The van der Waals surface area contributed by atoms with E-state index in [1.807, 2.05) is 28.8 Å². The molecule has 30 heavy (non-hydrogen) atoms. The lowest BCUT2D eigenvalue weighted by Gasteiger charge is -2.12. The average Bonchev–Trinajstić information content (AvgIpc) is 3.41. The van der Waals surface area contributed by atoms with E-state index in [4.69, 9.17) is 11.6 Å². The van der Waals surface area contributed by atoms with Gasteiger partial charge in [-0.3, -0.25) is 0 Å². The van der Waals surface area contributed by atoms with Crippen LogP contribution < -0.4 is 0 Å². The number of nitrogens with zero attached hydrogens (tertiary/aromatic N) is 5. The zero-order valence-corrected chi connectivity index (χ0v) is 17.5. The van der Waals surface area contributed by atoms with E-state index in [1.54, 1.807) is 0 Å². The van der Waals surface area contributed by atoms with Crippen LogP contribution in [0.4, 0.5) is 0 Å². The van der Waals surface area contributed by atoms with Gasteiger partial charge in [0.05, 0.1) is 12.3 Å². The number of rotatable bonds is 8. The molecule has 2 heterocycles. The number of benzene rings is 2. The van der Waals surface area contributed by atoms with Gasteiger partial charge >= 0.3 is 0 Å². The number of aryl methyl sites for hydroxylation is 1. The number of hydrogen-bond acceptors (Lipinski definition) is 5. The summed E-state index contributed by atoms with van der Waals surface area (Å²) in [7, 11) is 0. The van der Waals surface area contributed by atoms with Crippen molar-refractivity contribution in [3.8, 4) is 22.5 Å². The van der Waals surface area contributed by atoms with E-state index in [2.05, 4.69) is 56.8 Å². The van der Waals surface area contributed by atoms with Gasteiger partial charge in [0.2, 0.25) is 5.82 Å². The van der Waals surface area contributed by atoms with Crippen molar-refractivity contribution in [2.24, 2.45) is 0 Å². The topological polar surface area (TPSA) is 92.5 Å². The molecule has 4 rings (SSSR count). The van der Waals surface area contributed by atoms with E-state index >= 15 is 0 Å². The van der Waals surface area contributed by atoms with Crippen molar-refractivity contribution in [3.05, 3.63) is 70.8 Å². The Hall–Kier alpha value is -3.03. The Labute approximate surface area is 179 Å². The Morgan fingerprint density at radius 2 is 1.67 bits per heavy atom.